The van der Waals surface area contributed by atoms with Gasteiger partial charge in [-0.05, 0) is 32.4 Å². The molecule has 0 radical (unpaired) electrons. The first-order valence-electron chi connectivity index (χ1n) is 5.25. The molecule has 1 aromatic rings. The highest BCUT2D eigenvalue weighted by molar-refractivity contribution is 5.54. The van der Waals surface area contributed by atoms with E-state index in [-0.39, 0.29) is 0 Å². The van der Waals surface area contributed by atoms with Gasteiger partial charge in [0.25, 0.3) is 0 Å². The first-order valence-corrected chi connectivity index (χ1v) is 5.25. The Bertz CT molecular complexity index is 281. The van der Waals surface area contributed by atoms with Gasteiger partial charge in [-0.1, -0.05) is 18.2 Å². The van der Waals surface area contributed by atoms with Gasteiger partial charge in [-0.2, -0.15) is 0 Å². The molecule has 0 aromatic heterocycles. The summed E-state index contributed by atoms with van der Waals surface area (Å²) in [5.74, 6) is 0. The third kappa shape index (κ3) is 2.26. The van der Waals surface area contributed by atoms with E-state index in [0.29, 0.717) is 12.6 Å². The van der Waals surface area contributed by atoms with E-state index in [9.17, 15) is 0 Å². The van der Waals surface area contributed by atoms with Crippen LogP contribution in [0.1, 0.15) is 26.3 Å². The summed E-state index contributed by atoms with van der Waals surface area (Å²) < 4.78 is 0. The van der Waals surface area contributed by atoms with Crippen LogP contribution in [0.25, 0.3) is 0 Å². The Morgan fingerprint density at radius 1 is 1.29 bits per heavy atom. The lowest BCUT2D eigenvalue weighted by Gasteiger charge is -2.29. The molecule has 0 spiro atoms. The van der Waals surface area contributed by atoms with Crippen LogP contribution in [0, 0.1) is 0 Å². The molecule has 0 bridgehead atoms. The third-order valence-corrected chi connectivity index (χ3v) is 2.48. The summed E-state index contributed by atoms with van der Waals surface area (Å²) in [5.41, 5.74) is 8.21. The number of hydrogen-bond acceptors (Lipinski definition) is 2. The van der Waals surface area contributed by atoms with Crippen molar-refractivity contribution in [2.75, 3.05) is 11.4 Å². The molecule has 0 aliphatic rings. The summed E-state index contributed by atoms with van der Waals surface area (Å²) in [5, 5.41) is 0. The maximum Gasteiger partial charge on any atom is 0.0413 e. The third-order valence-electron chi connectivity index (χ3n) is 2.48. The summed E-state index contributed by atoms with van der Waals surface area (Å²) >= 11 is 0. The molecule has 0 aliphatic heterocycles. The first-order chi connectivity index (χ1) is 6.70. The quantitative estimate of drug-likeness (QED) is 0.793. The highest BCUT2D eigenvalue weighted by Gasteiger charge is 2.10. The lowest BCUT2D eigenvalue weighted by molar-refractivity contribution is 0.699. The standard InChI is InChI=1S/C12H20N2/c1-4-14(10(2)3)12-8-6-5-7-11(12)9-13/h5-8,10H,4,9,13H2,1-3H3. The second-order valence-electron chi connectivity index (χ2n) is 3.71. The number of benzene rings is 1. The maximum absolute atomic E-state index is 5.72. The van der Waals surface area contributed by atoms with Crippen LogP contribution in [0.5, 0.6) is 0 Å². The average Bonchev–Trinajstić information content (AvgIpc) is 2.19. The number of nitrogens with zero attached hydrogens (tertiary/aromatic N) is 1. The Morgan fingerprint density at radius 2 is 1.93 bits per heavy atom. The summed E-state index contributed by atoms with van der Waals surface area (Å²) in [7, 11) is 0. The maximum atomic E-state index is 5.72. The largest absolute Gasteiger partial charge is 0.369 e. The number of anilines is 1. The van der Waals surface area contributed by atoms with Crippen molar-refractivity contribution in [3.05, 3.63) is 29.8 Å². The Labute approximate surface area is 86.7 Å². The summed E-state index contributed by atoms with van der Waals surface area (Å²) in [6.07, 6.45) is 0. The SMILES string of the molecule is CCN(c1ccccc1CN)C(C)C. The molecule has 0 unspecified atom stereocenters. The van der Waals surface area contributed by atoms with Crippen LogP contribution in [0.3, 0.4) is 0 Å². The predicted molar refractivity (Wildman–Crippen MR) is 62.5 cm³/mol. The second kappa shape index (κ2) is 5.01. The molecule has 14 heavy (non-hydrogen) atoms. The van der Waals surface area contributed by atoms with Gasteiger partial charge >= 0.3 is 0 Å². The van der Waals surface area contributed by atoms with Crippen molar-refractivity contribution in [2.45, 2.75) is 33.4 Å². The van der Waals surface area contributed by atoms with E-state index < -0.39 is 0 Å². The molecule has 0 fully saturated rings. The molecule has 2 N–H and O–H groups in total. The molecular formula is C12H20N2. The van der Waals surface area contributed by atoms with E-state index >= 15 is 0 Å². The van der Waals surface area contributed by atoms with Gasteiger partial charge in [0.05, 0.1) is 0 Å². The number of nitrogens with two attached hydrogens (primary N) is 1. The molecule has 78 valence electrons. The zero-order valence-corrected chi connectivity index (χ0v) is 9.33. The molecular weight excluding hydrogens is 172 g/mol. The van der Waals surface area contributed by atoms with E-state index in [0.717, 1.165) is 6.54 Å². The van der Waals surface area contributed by atoms with Crippen LogP contribution in [0.4, 0.5) is 5.69 Å². The molecule has 0 heterocycles. The van der Waals surface area contributed by atoms with Crippen LogP contribution < -0.4 is 10.6 Å². The second-order valence-corrected chi connectivity index (χ2v) is 3.71. The lowest BCUT2D eigenvalue weighted by Crippen LogP contribution is -2.31. The Morgan fingerprint density at radius 3 is 2.43 bits per heavy atom. The topological polar surface area (TPSA) is 29.3 Å². The average molecular weight is 192 g/mol. The molecule has 1 aromatic carbocycles. The van der Waals surface area contributed by atoms with Gasteiger partial charge < -0.3 is 10.6 Å². The fourth-order valence-electron chi connectivity index (χ4n) is 1.78. The number of rotatable bonds is 4. The van der Waals surface area contributed by atoms with Crippen LogP contribution in [-0.2, 0) is 6.54 Å². The van der Waals surface area contributed by atoms with Gasteiger partial charge in [0.15, 0.2) is 0 Å². The molecule has 0 aliphatic carbocycles. The molecule has 1 rings (SSSR count). The molecule has 0 amide bonds. The van der Waals surface area contributed by atoms with Crippen molar-refractivity contribution >= 4 is 5.69 Å². The molecule has 2 nitrogen and oxygen atoms in total. The predicted octanol–water partition coefficient (Wildman–Crippen LogP) is 2.38. The lowest BCUT2D eigenvalue weighted by atomic mass is 10.1. The molecule has 0 saturated heterocycles. The van der Waals surface area contributed by atoms with Crippen molar-refractivity contribution in [1.82, 2.24) is 0 Å². The highest BCUT2D eigenvalue weighted by atomic mass is 15.1. The minimum Gasteiger partial charge on any atom is -0.369 e. The summed E-state index contributed by atoms with van der Waals surface area (Å²) in [4.78, 5) is 2.36. The number of para-hydroxylation sites is 1. The van der Waals surface area contributed by atoms with Crippen molar-refractivity contribution in [3.63, 3.8) is 0 Å². The van der Waals surface area contributed by atoms with Gasteiger partial charge in [0, 0.05) is 24.8 Å². The van der Waals surface area contributed by atoms with Crippen molar-refractivity contribution < 1.29 is 0 Å². The van der Waals surface area contributed by atoms with Gasteiger partial charge in [0.2, 0.25) is 0 Å². The molecule has 2 heteroatoms. The smallest absolute Gasteiger partial charge is 0.0413 e. The molecule has 0 atom stereocenters. The first kappa shape index (κ1) is 11.1. The number of hydrogen-bond donors (Lipinski definition) is 1. The van der Waals surface area contributed by atoms with E-state index in [1.807, 2.05) is 6.07 Å². The fraction of sp³-hybridized carbons (Fsp3) is 0.500. The van der Waals surface area contributed by atoms with E-state index in [2.05, 4.69) is 43.9 Å². The van der Waals surface area contributed by atoms with Crippen LogP contribution in [0.2, 0.25) is 0 Å². The zero-order chi connectivity index (χ0) is 10.6. The molecule has 0 saturated carbocycles. The van der Waals surface area contributed by atoms with Gasteiger partial charge in [-0.3, -0.25) is 0 Å². The minimum atomic E-state index is 0.521. The van der Waals surface area contributed by atoms with Gasteiger partial charge in [-0.15, -0.1) is 0 Å². The monoisotopic (exact) mass is 192 g/mol. The van der Waals surface area contributed by atoms with Crippen molar-refractivity contribution in [2.24, 2.45) is 5.73 Å². The van der Waals surface area contributed by atoms with E-state index in [1.165, 1.54) is 11.3 Å². The Kier molecular flexibility index (Phi) is 3.96. The summed E-state index contributed by atoms with van der Waals surface area (Å²) in [6, 6.07) is 8.87. The van der Waals surface area contributed by atoms with Gasteiger partial charge in [-0.25, -0.2) is 0 Å². The van der Waals surface area contributed by atoms with E-state index in [4.69, 9.17) is 5.73 Å². The Balaban J connectivity index is 3.02. The van der Waals surface area contributed by atoms with E-state index in [1.54, 1.807) is 0 Å². The van der Waals surface area contributed by atoms with Crippen LogP contribution in [0.15, 0.2) is 24.3 Å². The zero-order valence-electron chi connectivity index (χ0n) is 9.33. The fourth-order valence-corrected chi connectivity index (χ4v) is 1.78. The van der Waals surface area contributed by atoms with Crippen LogP contribution in [-0.4, -0.2) is 12.6 Å². The van der Waals surface area contributed by atoms with Crippen LogP contribution >= 0.6 is 0 Å². The Hall–Kier alpha value is -1.02. The normalized spacial score (nSPS) is 10.6. The van der Waals surface area contributed by atoms with Gasteiger partial charge in [0.1, 0.15) is 0 Å². The van der Waals surface area contributed by atoms with Crippen molar-refractivity contribution in [3.8, 4) is 0 Å². The van der Waals surface area contributed by atoms with Crippen molar-refractivity contribution in [1.29, 1.82) is 0 Å². The summed E-state index contributed by atoms with van der Waals surface area (Å²) in [6.45, 7) is 8.22. The highest BCUT2D eigenvalue weighted by Crippen LogP contribution is 2.21. The minimum absolute atomic E-state index is 0.521.